The number of nitrogens with two attached hydrogens (primary N) is 2. The number of primary amides is 1. The fourth-order valence-electron chi connectivity index (χ4n) is 6.44. The third-order valence-corrected chi connectivity index (χ3v) is 9.57. The summed E-state index contributed by atoms with van der Waals surface area (Å²) >= 11 is 0. The molecule has 1 aliphatic rings. The van der Waals surface area contributed by atoms with Crippen LogP contribution in [-0.2, 0) is 40.0 Å². The number of hydrogen-bond donors (Lipinski definition) is 9. The maximum atomic E-state index is 14.2. The smallest absolute Gasteiger partial charge is 0.243 e. The zero-order valence-electron chi connectivity index (χ0n) is 32.3. The van der Waals surface area contributed by atoms with E-state index < -0.39 is 89.9 Å². The molecular formula is C38H59N9O7. The van der Waals surface area contributed by atoms with Gasteiger partial charge < -0.3 is 48.4 Å². The van der Waals surface area contributed by atoms with E-state index in [0.29, 0.717) is 12.8 Å². The van der Waals surface area contributed by atoms with Gasteiger partial charge in [0.25, 0.3) is 0 Å². The van der Waals surface area contributed by atoms with Crippen molar-refractivity contribution in [2.45, 2.75) is 123 Å². The molecule has 1 aromatic carbocycles. The highest BCUT2D eigenvalue weighted by Crippen LogP contribution is 2.20. The minimum atomic E-state index is -1.50. The van der Waals surface area contributed by atoms with Crippen LogP contribution in [0.15, 0.2) is 30.5 Å². The molecule has 1 aromatic heterocycles. The summed E-state index contributed by atoms with van der Waals surface area (Å²) in [5, 5.41) is 17.2. The molecule has 1 saturated heterocycles. The van der Waals surface area contributed by atoms with Gasteiger partial charge in [-0.25, -0.2) is 0 Å². The number of carbonyl (C=O) groups excluding carboxylic acids is 7. The summed E-state index contributed by atoms with van der Waals surface area (Å²) in [6.07, 6.45) is 2.41. The molecule has 7 amide bonds. The molecule has 0 spiro atoms. The van der Waals surface area contributed by atoms with E-state index in [1.807, 2.05) is 58.9 Å². The van der Waals surface area contributed by atoms with Gasteiger partial charge in [-0.15, -0.1) is 0 Å². The molecule has 1 aliphatic heterocycles. The van der Waals surface area contributed by atoms with Gasteiger partial charge in [-0.3, -0.25) is 33.6 Å². The highest BCUT2D eigenvalue weighted by atomic mass is 16.2. The standard InChI is InChI=1S/C38H59N9O7/c1-7-22(6)32-38(54)46-30(18-31(40)48)36(52)42-26(13-10-14-39)33(49)45-29(17-23-19-41-25-12-9-8-11-24(23)25)35(51)43-27(15-20(2)3)34(50)44-28(16-21(4)5)37(53)47-32/h8-9,11-12,19-22,26-30,32,41H,7,10,13-18,39H2,1-6H3,(H2,40,48)(H,42,52)(H,43,51)(H,44,50)(H,45,49)(H,46,54)(H,47,53). The van der Waals surface area contributed by atoms with Gasteiger partial charge in [0.15, 0.2) is 0 Å². The van der Waals surface area contributed by atoms with E-state index in [9.17, 15) is 33.6 Å². The highest BCUT2D eigenvalue weighted by molar-refractivity contribution is 5.99. The van der Waals surface area contributed by atoms with Crippen LogP contribution in [0.3, 0.4) is 0 Å². The highest BCUT2D eigenvalue weighted by Gasteiger charge is 2.37. The maximum absolute atomic E-state index is 14.2. The van der Waals surface area contributed by atoms with Gasteiger partial charge in [-0.2, -0.15) is 0 Å². The lowest BCUT2D eigenvalue weighted by molar-refractivity contribution is -0.138. The lowest BCUT2D eigenvalue weighted by atomic mass is 9.95. The van der Waals surface area contributed by atoms with Crippen molar-refractivity contribution in [3.05, 3.63) is 36.0 Å². The lowest BCUT2D eigenvalue weighted by Gasteiger charge is -2.31. The normalized spacial score (nSPS) is 24.5. The van der Waals surface area contributed by atoms with E-state index in [1.165, 1.54) is 0 Å². The number of carbonyl (C=O) groups is 7. The van der Waals surface area contributed by atoms with Gasteiger partial charge in [0.05, 0.1) is 6.42 Å². The zero-order chi connectivity index (χ0) is 40.1. The van der Waals surface area contributed by atoms with Gasteiger partial charge in [-0.05, 0) is 61.6 Å². The van der Waals surface area contributed by atoms with Crippen molar-refractivity contribution < 1.29 is 33.6 Å². The second-order valence-corrected chi connectivity index (χ2v) is 15.1. The lowest BCUT2D eigenvalue weighted by Crippen LogP contribution is -2.62. The van der Waals surface area contributed by atoms with Crippen LogP contribution in [0.5, 0.6) is 0 Å². The molecular weight excluding hydrogens is 694 g/mol. The average Bonchev–Trinajstić information content (AvgIpc) is 3.51. The fourth-order valence-corrected chi connectivity index (χ4v) is 6.44. The van der Waals surface area contributed by atoms with Crippen molar-refractivity contribution in [2.75, 3.05) is 6.54 Å². The summed E-state index contributed by atoms with van der Waals surface area (Å²) in [5.41, 5.74) is 12.8. The monoisotopic (exact) mass is 753 g/mol. The number of aromatic amines is 1. The van der Waals surface area contributed by atoms with Crippen LogP contribution in [0.25, 0.3) is 10.9 Å². The Morgan fingerprint density at radius 1 is 0.685 bits per heavy atom. The molecule has 3 rings (SSSR count). The maximum Gasteiger partial charge on any atom is 0.243 e. The fraction of sp³-hybridized carbons (Fsp3) is 0.605. The van der Waals surface area contributed by atoms with Gasteiger partial charge in [0.1, 0.15) is 36.3 Å². The van der Waals surface area contributed by atoms with Crippen molar-refractivity contribution in [1.29, 1.82) is 0 Å². The van der Waals surface area contributed by atoms with Crippen molar-refractivity contribution in [3.8, 4) is 0 Å². The second-order valence-electron chi connectivity index (χ2n) is 15.1. The van der Waals surface area contributed by atoms with Gasteiger partial charge in [0, 0.05) is 23.5 Å². The Kier molecular flexibility index (Phi) is 16.5. The average molecular weight is 754 g/mol. The SMILES string of the molecule is CCC(C)C1NC(=O)C(CC(C)C)NC(=O)C(CC(C)C)NC(=O)C(Cc2c[nH]c3ccccc23)NC(=O)C(CCCN)NC(=O)C(CC(N)=O)NC1=O. The Hall–Kier alpha value is -4.99. The molecule has 16 nitrogen and oxygen atoms in total. The largest absolute Gasteiger partial charge is 0.370 e. The molecule has 7 unspecified atom stereocenters. The second kappa shape index (κ2) is 20.5. The van der Waals surface area contributed by atoms with Crippen molar-refractivity contribution in [1.82, 2.24) is 36.9 Å². The van der Waals surface area contributed by atoms with E-state index in [0.717, 1.165) is 16.5 Å². The Bertz CT molecular complexity index is 1640. The molecule has 54 heavy (non-hydrogen) atoms. The van der Waals surface area contributed by atoms with Crippen LogP contribution < -0.4 is 43.4 Å². The first-order valence-corrected chi connectivity index (χ1v) is 18.9. The first-order chi connectivity index (χ1) is 25.5. The number of benzene rings is 1. The van der Waals surface area contributed by atoms with E-state index in [4.69, 9.17) is 11.5 Å². The third kappa shape index (κ3) is 12.6. The van der Waals surface area contributed by atoms with Crippen LogP contribution in [-0.4, -0.2) is 89.1 Å². The molecule has 11 N–H and O–H groups in total. The van der Waals surface area contributed by atoms with Crippen LogP contribution in [0, 0.1) is 17.8 Å². The number of aromatic nitrogens is 1. The quantitative estimate of drug-likeness (QED) is 0.138. The summed E-state index contributed by atoms with van der Waals surface area (Å²) in [7, 11) is 0. The van der Waals surface area contributed by atoms with Gasteiger partial charge in [0.2, 0.25) is 41.4 Å². The van der Waals surface area contributed by atoms with E-state index in [2.05, 4.69) is 36.9 Å². The summed E-state index contributed by atoms with van der Waals surface area (Å²) in [6.45, 7) is 11.3. The summed E-state index contributed by atoms with van der Waals surface area (Å²) in [4.78, 5) is 99.0. The Balaban J connectivity index is 2.15. The first-order valence-electron chi connectivity index (χ1n) is 18.9. The van der Waals surface area contributed by atoms with Crippen molar-refractivity contribution >= 4 is 52.3 Å². The summed E-state index contributed by atoms with van der Waals surface area (Å²) < 4.78 is 0. The van der Waals surface area contributed by atoms with Crippen LogP contribution >= 0.6 is 0 Å². The molecule has 2 aromatic rings. The van der Waals surface area contributed by atoms with E-state index >= 15 is 0 Å². The predicted molar refractivity (Wildman–Crippen MR) is 204 cm³/mol. The molecule has 1 fully saturated rings. The van der Waals surface area contributed by atoms with E-state index in [1.54, 1.807) is 13.1 Å². The Morgan fingerprint density at radius 3 is 1.76 bits per heavy atom. The molecule has 0 aliphatic carbocycles. The number of fused-ring (bicyclic) bond motifs is 1. The number of nitrogens with one attached hydrogen (secondary N) is 7. The minimum Gasteiger partial charge on any atom is -0.370 e. The zero-order valence-corrected chi connectivity index (χ0v) is 32.3. The van der Waals surface area contributed by atoms with Crippen LogP contribution in [0.2, 0.25) is 0 Å². The Morgan fingerprint density at radius 2 is 1.19 bits per heavy atom. The number of hydrogen-bond acceptors (Lipinski definition) is 8. The molecule has 0 bridgehead atoms. The number of H-pyrrole nitrogens is 1. The van der Waals surface area contributed by atoms with Crippen LogP contribution in [0.4, 0.5) is 0 Å². The minimum absolute atomic E-state index is 0.0187. The van der Waals surface area contributed by atoms with Gasteiger partial charge >= 0.3 is 0 Å². The summed E-state index contributed by atoms with van der Waals surface area (Å²) in [5.74, 6) is -5.65. The number of amides is 7. The van der Waals surface area contributed by atoms with E-state index in [-0.39, 0.29) is 44.1 Å². The molecule has 16 heteroatoms. The molecule has 0 saturated carbocycles. The Labute approximate surface area is 316 Å². The van der Waals surface area contributed by atoms with Crippen molar-refractivity contribution in [2.24, 2.45) is 29.2 Å². The van der Waals surface area contributed by atoms with Crippen LogP contribution in [0.1, 0.15) is 85.6 Å². The topological polar surface area (TPSA) is 260 Å². The van der Waals surface area contributed by atoms with Crippen molar-refractivity contribution in [3.63, 3.8) is 0 Å². The molecule has 7 atom stereocenters. The van der Waals surface area contributed by atoms with Gasteiger partial charge in [-0.1, -0.05) is 66.2 Å². The first kappa shape index (κ1) is 43.4. The predicted octanol–water partition coefficient (Wildman–Crippen LogP) is 0.385. The number of para-hydroxylation sites is 1. The molecule has 298 valence electrons. The number of rotatable bonds is 13. The summed E-state index contributed by atoms with van der Waals surface area (Å²) in [6, 6.07) is 0.166. The molecule has 2 heterocycles. The molecule has 0 radical (unpaired) electrons. The third-order valence-electron chi connectivity index (χ3n) is 9.57.